The maximum absolute atomic E-state index is 15.2. The molecule has 6 heterocycles. The van der Waals surface area contributed by atoms with Gasteiger partial charge in [0.1, 0.15) is 18.1 Å². The summed E-state index contributed by atoms with van der Waals surface area (Å²) < 4.78 is 44.5. The number of alkyl halides is 2. The van der Waals surface area contributed by atoms with Crippen molar-refractivity contribution in [3.63, 3.8) is 0 Å². The van der Waals surface area contributed by atoms with Crippen molar-refractivity contribution in [1.82, 2.24) is 40.0 Å². The van der Waals surface area contributed by atoms with Crippen molar-refractivity contribution in [2.24, 2.45) is 17.3 Å². The Morgan fingerprint density at radius 3 is 2.45 bits per heavy atom. The number of pyridine rings is 1. The number of carbonyl (C=O) groups excluding carboxylic acids is 5. The summed E-state index contributed by atoms with van der Waals surface area (Å²) in [6.45, 7) is 15.4. The highest BCUT2D eigenvalue weighted by molar-refractivity contribution is 5.97. The van der Waals surface area contributed by atoms with Gasteiger partial charge in [-0.2, -0.15) is 0 Å². The molecule has 2 aromatic carbocycles. The average Bonchev–Trinajstić information content (AvgIpc) is 4.22. The molecule has 3 saturated heterocycles. The summed E-state index contributed by atoms with van der Waals surface area (Å²) in [5.41, 5.74) is 7.90. The third-order valence-electron chi connectivity index (χ3n) is 16.8. The number of aromatic nitrogens is 2. The highest BCUT2D eigenvalue weighted by Gasteiger charge is 2.43. The molecule has 5 atom stereocenters. The molecule has 77 heavy (non-hydrogen) atoms. The number of esters is 1. The molecule has 412 valence electrons. The van der Waals surface area contributed by atoms with Crippen molar-refractivity contribution in [2.75, 3.05) is 53.5 Å². The lowest BCUT2D eigenvalue weighted by molar-refractivity contribution is -0.155. The van der Waals surface area contributed by atoms with Crippen LogP contribution in [0.15, 0.2) is 54.7 Å². The number of hydrazine groups is 1. The fourth-order valence-corrected chi connectivity index (χ4v) is 12.3. The number of hydrogen-bond acceptors (Lipinski definition) is 10. The molecule has 1 unspecified atom stereocenters. The van der Waals surface area contributed by atoms with Crippen LogP contribution in [0, 0.1) is 29.1 Å². The van der Waals surface area contributed by atoms with E-state index in [1.54, 1.807) is 31.3 Å². The van der Waals surface area contributed by atoms with Gasteiger partial charge in [-0.15, -0.1) is 0 Å². The zero-order chi connectivity index (χ0) is 54.9. The van der Waals surface area contributed by atoms with Crippen LogP contribution >= 0.6 is 0 Å². The predicted octanol–water partition coefficient (Wildman–Crippen LogP) is 8.04. The smallest absolute Gasteiger partial charge is 0.324 e. The molecule has 0 spiro atoms. The van der Waals surface area contributed by atoms with E-state index < -0.39 is 59.2 Å². The number of carbonyl (C=O) groups is 5. The van der Waals surface area contributed by atoms with Gasteiger partial charge in [-0.25, -0.2) is 14.2 Å². The number of nitrogens with one attached hydrogen (secondary N) is 2. The monoisotopic (exact) mass is 1060 g/mol. The second-order valence-corrected chi connectivity index (χ2v) is 23.2. The SMILES string of the molecule is CCn1c(-c2cccnc2[C@H](C)OC)c2c3cc(ccc31)-c1cc(cc(C(F)F)c1)C[C@H](NC(=O)C(C1CCCC1)N(C)C(=O)[C@H]1CCN(C(=O)C#CC(C)(C)N3CCC3)C1)C(=O)N1CCC[C@H](N1)C(=O)OCC(C)(C)C2. The maximum atomic E-state index is 15.2. The van der Waals surface area contributed by atoms with Crippen molar-refractivity contribution in [2.45, 2.75) is 148 Å². The van der Waals surface area contributed by atoms with Crippen LogP contribution in [0.25, 0.3) is 33.3 Å². The van der Waals surface area contributed by atoms with Crippen LogP contribution in [-0.4, -0.2) is 136 Å². The number of cyclic esters (lactones) is 1. The topological polar surface area (TPSA) is 159 Å². The van der Waals surface area contributed by atoms with Gasteiger partial charge in [-0.1, -0.05) is 50.8 Å². The molecule has 15 nitrogen and oxygen atoms in total. The first-order valence-electron chi connectivity index (χ1n) is 27.7. The molecule has 17 heteroatoms. The van der Waals surface area contributed by atoms with Crippen LogP contribution in [0.1, 0.15) is 128 Å². The Labute approximate surface area is 451 Å². The Morgan fingerprint density at radius 1 is 0.987 bits per heavy atom. The van der Waals surface area contributed by atoms with E-state index in [9.17, 15) is 14.4 Å². The third-order valence-corrected chi connectivity index (χ3v) is 16.8. The van der Waals surface area contributed by atoms with Gasteiger partial charge in [0.15, 0.2) is 0 Å². The molecular weight excluding hydrogens is 983 g/mol. The van der Waals surface area contributed by atoms with Gasteiger partial charge in [0.25, 0.3) is 18.2 Å². The summed E-state index contributed by atoms with van der Waals surface area (Å²) in [6.07, 6.45) is 4.31. The quantitative estimate of drug-likeness (QED) is 0.111. The summed E-state index contributed by atoms with van der Waals surface area (Å²) in [4.78, 5) is 82.2. The van der Waals surface area contributed by atoms with E-state index in [1.807, 2.05) is 65.0 Å². The molecule has 1 aliphatic carbocycles. The fourth-order valence-electron chi connectivity index (χ4n) is 12.3. The molecule has 9 rings (SSSR count). The molecule has 4 aromatic rings. The van der Waals surface area contributed by atoms with Gasteiger partial charge in [0.2, 0.25) is 11.8 Å². The van der Waals surface area contributed by atoms with Crippen molar-refractivity contribution >= 4 is 40.5 Å². The van der Waals surface area contributed by atoms with Crippen LogP contribution in [0.4, 0.5) is 8.78 Å². The summed E-state index contributed by atoms with van der Waals surface area (Å²) in [6, 6.07) is 11.4. The van der Waals surface area contributed by atoms with E-state index in [2.05, 4.69) is 39.0 Å². The van der Waals surface area contributed by atoms with Crippen LogP contribution in [0.2, 0.25) is 0 Å². The van der Waals surface area contributed by atoms with E-state index >= 15 is 18.4 Å². The molecule has 4 aliphatic heterocycles. The summed E-state index contributed by atoms with van der Waals surface area (Å²) >= 11 is 0. The molecule has 5 aliphatic rings. The van der Waals surface area contributed by atoms with Crippen molar-refractivity contribution in [1.29, 1.82) is 0 Å². The first kappa shape index (κ1) is 55.5. The van der Waals surface area contributed by atoms with Crippen molar-refractivity contribution in [3.05, 3.63) is 77.1 Å². The average molecular weight is 1060 g/mol. The van der Waals surface area contributed by atoms with Crippen LogP contribution in [0.3, 0.4) is 0 Å². The zero-order valence-electron chi connectivity index (χ0n) is 46.1. The van der Waals surface area contributed by atoms with E-state index in [-0.39, 0.29) is 55.5 Å². The number of methoxy groups -OCH3 is 1. The minimum atomic E-state index is -2.86. The highest BCUT2D eigenvalue weighted by atomic mass is 19.3. The molecular formula is C60H76F2N8O7. The first-order chi connectivity index (χ1) is 36.8. The van der Waals surface area contributed by atoms with Gasteiger partial charge in [-0.3, -0.25) is 38.9 Å². The standard InChI is InChI=1S/C60H76F2N8O7/c1-9-69-49-20-19-40-33-45(49)46(53(69)44-17-12-24-63-51(44)37(2)76-8)34-59(3,4)36-77-58(75)47-18-13-27-70(65-47)57(74)48(31-38-29-42(40)32-43(30-38)54(61)62)64-55(72)52(39-15-10-11-16-39)66(7)56(73)41-22-28-67(35-41)50(71)21-23-60(5,6)68-25-14-26-68/h12,17,19-20,24,29-30,32-33,37,39,41,47-48,52,54,65H,9-11,13-16,18,22,25-28,31,34-36H2,1-8H3,(H,64,72)/t37-,41-,47-,48-,52?/m0/s1. The number of aryl methyl sites for hydroxylation is 1. The second kappa shape index (κ2) is 23.0. The van der Waals surface area contributed by atoms with Gasteiger partial charge in [-0.05, 0) is 137 Å². The van der Waals surface area contributed by atoms with Crippen LogP contribution < -0.4 is 10.7 Å². The zero-order valence-corrected chi connectivity index (χ0v) is 46.1. The number of fused-ring (bicyclic) bond motifs is 6. The summed E-state index contributed by atoms with van der Waals surface area (Å²) in [7, 11) is 3.27. The molecule has 4 amide bonds. The Kier molecular flexibility index (Phi) is 16.6. The molecule has 2 N–H and O–H groups in total. The van der Waals surface area contributed by atoms with Crippen molar-refractivity contribution < 1.29 is 42.2 Å². The van der Waals surface area contributed by atoms with Gasteiger partial charge >= 0.3 is 5.97 Å². The van der Waals surface area contributed by atoms with E-state index in [1.165, 1.54) is 22.0 Å². The second-order valence-electron chi connectivity index (χ2n) is 23.2. The van der Waals surface area contributed by atoms with Gasteiger partial charge < -0.3 is 29.2 Å². The van der Waals surface area contributed by atoms with E-state index in [4.69, 9.17) is 14.5 Å². The Morgan fingerprint density at radius 2 is 1.75 bits per heavy atom. The van der Waals surface area contributed by atoms with Crippen molar-refractivity contribution in [3.8, 4) is 34.2 Å². The summed E-state index contributed by atoms with van der Waals surface area (Å²) in [5, 5.41) is 5.29. The predicted molar refractivity (Wildman–Crippen MR) is 290 cm³/mol. The Bertz CT molecular complexity index is 2950. The van der Waals surface area contributed by atoms with E-state index in [0.29, 0.717) is 68.3 Å². The largest absolute Gasteiger partial charge is 0.464 e. The minimum Gasteiger partial charge on any atom is -0.464 e. The Balaban J connectivity index is 1.08. The number of benzene rings is 2. The maximum Gasteiger partial charge on any atom is 0.324 e. The van der Waals surface area contributed by atoms with Gasteiger partial charge in [0, 0.05) is 93.5 Å². The summed E-state index contributed by atoms with van der Waals surface area (Å²) in [5.74, 6) is 2.97. The molecule has 2 aromatic heterocycles. The number of hydrogen-bond donors (Lipinski definition) is 2. The number of nitrogens with zero attached hydrogens (tertiary/aromatic N) is 6. The van der Waals surface area contributed by atoms with Gasteiger partial charge in [0.05, 0.1) is 35.6 Å². The highest BCUT2D eigenvalue weighted by Crippen LogP contribution is 2.43. The lowest BCUT2D eigenvalue weighted by Gasteiger charge is -2.41. The van der Waals surface area contributed by atoms with Crippen LogP contribution in [-0.2, 0) is 52.8 Å². The number of halogens is 2. The van der Waals surface area contributed by atoms with Crippen LogP contribution in [0.5, 0.6) is 0 Å². The lowest BCUT2D eigenvalue weighted by Crippen LogP contribution is -2.62. The number of likely N-dealkylation sites (N-methyl/N-ethyl adjacent to an activating group) is 1. The fraction of sp³-hybridized carbons (Fsp3) is 0.567. The molecule has 4 fully saturated rings. The number of amides is 4. The molecule has 1 saturated carbocycles. The molecule has 6 bridgehead atoms. The normalized spacial score (nSPS) is 22.2. The third kappa shape index (κ3) is 11.8. The first-order valence-corrected chi connectivity index (χ1v) is 27.7. The van der Waals surface area contributed by atoms with E-state index in [0.717, 1.165) is 65.8 Å². The number of rotatable bonds is 11. The lowest BCUT2D eigenvalue weighted by atomic mass is 9.84. The number of likely N-dealkylation sites (tertiary alicyclic amines) is 2. The molecule has 0 radical (unpaired) electrons. The Hall–Kier alpha value is -6.22. The number of ether oxygens (including phenoxy) is 2. The minimum absolute atomic E-state index is 0.0536.